The maximum atomic E-state index is 12.1. The van der Waals surface area contributed by atoms with E-state index in [1.165, 1.54) is 4.90 Å². The second-order valence-electron chi connectivity index (χ2n) is 4.99. The zero-order valence-electron chi connectivity index (χ0n) is 10.9. The lowest BCUT2D eigenvalue weighted by Crippen LogP contribution is -2.26. The molecule has 110 valence electrons. The number of amides is 1. The Morgan fingerprint density at radius 1 is 1.29 bits per heavy atom. The minimum atomic E-state index is -3.62. The second-order valence-corrected chi connectivity index (χ2v) is 7.81. The van der Waals surface area contributed by atoms with Gasteiger partial charge in [-0.25, -0.2) is 13.4 Å². The molecule has 3 heterocycles. The Hall–Kier alpha value is -1.73. The van der Waals surface area contributed by atoms with Gasteiger partial charge in [-0.3, -0.25) is 14.7 Å². The summed E-state index contributed by atoms with van der Waals surface area (Å²) >= 11 is 0. The molecule has 6 nitrogen and oxygen atoms in total. The highest BCUT2D eigenvalue weighted by atomic mass is 35.7. The van der Waals surface area contributed by atoms with Crippen LogP contribution in [0.5, 0.6) is 0 Å². The number of pyridine rings is 2. The molecule has 0 spiro atoms. The van der Waals surface area contributed by atoms with E-state index < -0.39 is 9.05 Å². The van der Waals surface area contributed by atoms with Gasteiger partial charge in [0.2, 0.25) is 15.0 Å². The molecule has 1 fully saturated rings. The van der Waals surface area contributed by atoms with Gasteiger partial charge in [0.1, 0.15) is 5.52 Å². The number of carbonyl (C=O) groups is 1. The van der Waals surface area contributed by atoms with E-state index in [9.17, 15) is 13.2 Å². The normalized spacial score (nSPS) is 19.4. The van der Waals surface area contributed by atoms with Crippen molar-refractivity contribution in [2.45, 2.75) is 6.42 Å². The van der Waals surface area contributed by atoms with Crippen LogP contribution in [0, 0.1) is 5.92 Å². The Balaban J connectivity index is 1.95. The van der Waals surface area contributed by atoms with Crippen LogP contribution in [-0.4, -0.2) is 36.6 Å². The number of rotatable bonds is 3. The highest BCUT2D eigenvalue weighted by molar-refractivity contribution is 8.13. The highest BCUT2D eigenvalue weighted by Gasteiger charge is 2.34. The molecule has 1 aliphatic rings. The first-order valence-corrected chi connectivity index (χ1v) is 8.84. The molecule has 0 radical (unpaired) electrons. The van der Waals surface area contributed by atoms with Crippen LogP contribution in [0.4, 0.5) is 5.82 Å². The molecule has 1 atom stereocenters. The Kier molecular flexibility index (Phi) is 3.54. The van der Waals surface area contributed by atoms with Gasteiger partial charge in [-0.1, -0.05) is 6.07 Å². The molecule has 0 aromatic carbocycles. The Labute approximate surface area is 126 Å². The van der Waals surface area contributed by atoms with E-state index in [-0.39, 0.29) is 30.5 Å². The molecule has 0 bridgehead atoms. The first-order valence-electron chi connectivity index (χ1n) is 6.36. The summed E-state index contributed by atoms with van der Waals surface area (Å²) in [6.07, 6.45) is 3.39. The van der Waals surface area contributed by atoms with E-state index in [1.54, 1.807) is 18.5 Å². The number of hydrogen-bond donors (Lipinski definition) is 0. The first kappa shape index (κ1) is 14.2. The molecular formula is C13H12ClN3O3S. The van der Waals surface area contributed by atoms with Crippen LogP contribution in [0.3, 0.4) is 0 Å². The maximum absolute atomic E-state index is 12.1. The van der Waals surface area contributed by atoms with Crippen molar-refractivity contribution in [1.82, 2.24) is 9.97 Å². The average molecular weight is 326 g/mol. The lowest BCUT2D eigenvalue weighted by atomic mass is 10.1. The molecule has 8 heteroatoms. The summed E-state index contributed by atoms with van der Waals surface area (Å²) in [5.41, 5.74) is 0.628. The third-order valence-electron chi connectivity index (χ3n) is 3.40. The fraction of sp³-hybridized carbons (Fsp3) is 0.308. The Morgan fingerprint density at radius 3 is 2.86 bits per heavy atom. The molecule has 0 saturated carbocycles. The van der Waals surface area contributed by atoms with E-state index >= 15 is 0 Å². The van der Waals surface area contributed by atoms with Crippen LogP contribution in [0.1, 0.15) is 6.42 Å². The Morgan fingerprint density at radius 2 is 2.10 bits per heavy atom. The van der Waals surface area contributed by atoms with Crippen molar-refractivity contribution >= 4 is 42.4 Å². The third-order valence-corrected chi connectivity index (χ3v) is 4.64. The predicted octanol–water partition coefficient (Wildman–Crippen LogP) is 1.55. The van der Waals surface area contributed by atoms with Gasteiger partial charge in [0.25, 0.3) is 0 Å². The fourth-order valence-corrected chi connectivity index (χ4v) is 3.89. The van der Waals surface area contributed by atoms with Crippen LogP contribution < -0.4 is 4.90 Å². The quantitative estimate of drug-likeness (QED) is 0.800. The average Bonchev–Trinajstić information content (AvgIpc) is 2.76. The van der Waals surface area contributed by atoms with Crippen molar-refractivity contribution in [3.05, 3.63) is 30.6 Å². The van der Waals surface area contributed by atoms with Gasteiger partial charge in [-0.05, 0) is 12.1 Å². The van der Waals surface area contributed by atoms with Gasteiger partial charge in [-0.15, -0.1) is 0 Å². The smallest absolute Gasteiger partial charge is 0.232 e. The molecule has 1 unspecified atom stereocenters. The predicted molar refractivity (Wildman–Crippen MR) is 79.6 cm³/mol. The molecule has 1 aliphatic heterocycles. The molecule has 3 rings (SSSR count). The summed E-state index contributed by atoms with van der Waals surface area (Å²) in [6, 6.07) is 5.50. The zero-order chi connectivity index (χ0) is 15.0. The summed E-state index contributed by atoms with van der Waals surface area (Å²) in [7, 11) is 1.64. The van der Waals surface area contributed by atoms with Crippen molar-refractivity contribution in [1.29, 1.82) is 0 Å². The van der Waals surface area contributed by atoms with Gasteiger partial charge in [-0.2, -0.15) is 0 Å². The number of hydrogen-bond acceptors (Lipinski definition) is 5. The van der Waals surface area contributed by atoms with E-state index in [1.807, 2.05) is 12.1 Å². The van der Waals surface area contributed by atoms with Crippen LogP contribution in [0.2, 0.25) is 0 Å². The lowest BCUT2D eigenvalue weighted by molar-refractivity contribution is -0.117. The van der Waals surface area contributed by atoms with E-state index in [0.717, 1.165) is 5.39 Å². The van der Waals surface area contributed by atoms with Gasteiger partial charge >= 0.3 is 0 Å². The molecule has 2 aromatic rings. The monoisotopic (exact) mass is 325 g/mol. The lowest BCUT2D eigenvalue weighted by Gasteiger charge is -2.16. The number of anilines is 1. The van der Waals surface area contributed by atoms with E-state index in [4.69, 9.17) is 10.7 Å². The third kappa shape index (κ3) is 2.98. The first-order chi connectivity index (χ1) is 9.94. The molecule has 0 aliphatic carbocycles. The van der Waals surface area contributed by atoms with Crippen LogP contribution >= 0.6 is 10.7 Å². The summed E-state index contributed by atoms with van der Waals surface area (Å²) in [4.78, 5) is 22.1. The van der Waals surface area contributed by atoms with Crippen molar-refractivity contribution in [2.24, 2.45) is 5.92 Å². The van der Waals surface area contributed by atoms with Crippen molar-refractivity contribution in [3.8, 4) is 0 Å². The summed E-state index contributed by atoms with van der Waals surface area (Å²) in [5.74, 6) is -0.228. The van der Waals surface area contributed by atoms with E-state index in [0.29, 0.717) is 11.3 Å². The summed E-state index contributed by atoms with van der Waals surface area (Å²) in [6.45, 7) is 0.285. The molecule has 1 saturated heterocycles. The van der Waals surface area contributed by atoms with Crippen LogP contribution in [0.15, 0.2) is 30.6 Å². The van der Waals surface area contributed by atoms with Gasteiger partial charge in [0, 0.05) is 47.3 Å². The van der Waals surface area contributed by atoms with Crippen molar-refractivity contribution in [2.75, 3.05) is 17.2 Å². The van der Waals surface area contributed by atoms with Crippen molar-refractivity contribution in [3.63, 3.8) is 0 Å². The topological polar surface area (TPSA) is 80.2 Å². The van der Waals surface area contributed by atoms with Gasteiger partial charge in [0.05, 0.1) is 5.75 Å². The minimum Gasteiger partial charge on any atom is -0.295 e. The maximum Gasteiger partial charge on any atom is 0.232 e. The standard InChI is InChI=1S/C13H12ClN3O3S/c14-21(19,20)8-9-6-11(18)17(7-9)13-12-10(3-5-16-13)2-1-4-15-12/h1-5,9H,6-8H2. The number of fused-ring (bicyclic) bond motifs is 1. The SMILES string of the molecule is O=C1CC(CS(=O)(=O)Cl)CN1c1nccc2cccnc12. The number of nitrogens with zero attached hydrogens (tertiary/aromatic N) is 3. The van der Waals surface area contributed by atoms with Gasteiger partial charge in [0.15, 0.2) is 5.82 Å². The minimum absolute atomic E-state index is 0.150. The Bertz CT molecular complexity index is 804. The van der Waals surface area contributed by atoms with Crippen LogP contribution in [0.25, 0.3) is 10.9 Å². The fourth-order valence-electron chi connectivity index (χ4n) is 2.57. The van der Waals surface area contributed by atoms with E-state index in [2.05, 4.69) is 9.97 Å². The highest BCUT2D eigenvalue weighted by Crippen LogP contribution is 2.29. The van der Waals surface area contributed by atoms with Crippen molar-refractivity contribution < 1.29 is 13.2 Å². The zero-order valence-corrected chi connectivity index (χ0v) is 12.5. The molecular weight excluding hydrogens is 314 g/mol. The summed E-state index contributed by atoms with van der Waals surface area (Å²) in [5, 5.41) is 0.878. The van der Waals surface area contributed by atoms with Gasteiger partial charge < -0.3 is 0 Å². The second kappa shape index (κ2) is 5.23. The number of aromatic nitrogens is 2. The molecule has 1 amide bonds. The number of carbonyl (C=O) groups excluding carboxylic acids is 1. The molecule has 0 N–H and O–H groups in total. The summed E-state index contributed by atoms with van der Waals surface area (Å²) < 4.78 is 22.3. The van der Waals surface area contributed by atoms with Crippen LogP contribution in [-0.2, 0) is 13.8 Å². The molecule has 2 aromatic heterocycles. The molecule has 21 heavy (non-hydrogen) atoms. The number of halogens is 1. The largest absolute Gasteiger partial charge is 0.295 e.